The molecule has 1 heterocycles. The molecule has 2 rings (SSSR count). The molecule has 0 aliphatic rings. The fraction of sp³-hybridized carbons (Fsp3) is 0.364. The van der Waals surface area contributed by atoms with Crippen molar-refractivity contribution in [2.75, 3.05) is 0 Å². The van der Waals surface area contributed by atoms with Crippen LogP contribution < -0.4 is 5.76 Å². The zero-order chi connectivity index (χ0) is 11.2. The molecule has 0 atom stereocenters. The molecule has 3 nitrogen and oxygen atoms in total. The van der Waals surface area contributed by atoms with Gasteiger partial charge in [-0.05, 0) is 39.0 Å². The van der Waals surface area contributed by atoms with E-state index < -0.39 is 0 Å². The van der Waals surface area contributed by atoms with Crippen LogP contribution >= 0.6 is 15.9 Å². The molecule has 80 valence electrons. The zero-order valence-corrected chi connectivity index (χ0v) is 10.5. The van der Waals surface area contributed by atoms with Gasteiger partial charge >= 0.3 is 5.76 Å². The van der Waals surface area contributed by atoms with Gasteiger partial charge in [0.25, 0.3) is 0 Å². The van der Waals surface area contributed by atoms with Gasteiger partial charge in [-0.2, -0.15) is 0 Å². The van der Waals surface area contributed by atoms with Crippen LogP contribution in [0.25, 0.3) is 11.1 Å². The van der Waals surface area contributed by atoms with E-state index in [2.05, 4.69) is 15.9 Å². The molecule has 0 aliphatic carbocycles. The first-order chi connectivity index (χ1) is 6.89. The number of hydrogen-bond donors (Lipinski definition) is 0. The highest BCUT2D eigenvalue weighted by Gasteiger charge is 2.20. The predicted molar refractivity (Wildman–Crippen MR) is 63.2 cm³/mol. The molecule has 0 saturated heterocycles. The first-order valence-corrected chi connectivity index (χ1v) is 5.50. The Morgan fingerprint density at radius 1 is 1.33 bits per heavy atom. The summed E-state index contributed by atoms with van der Waals surface area (Å²) >= 11 is 3.39. The summed E-state index contributed by atoms with van der Waals surface area (Å²) in [5.74, 6) is -0.310. The summed E-state index contributed by atoms with van der Waals surface area (Å²) in [5, 5.41) is 0. The van der Waals surface area contributed by atoms with E-state index >= 15 is 0 Å². The molecule has 0 radical (unpaired) electrons. The molecule has 1 aromatic carbocycles. The van der Waals surface area contributed by atoms with Crippen molar-refractivity contribution in [2.45, 2.75) is 26.3 Å². The first kappa shape index (κ1) is 10.5. The third kappa shape index (κ3) is 1.74. The second kappa shape index (κ2) is 3.23. The smallest absolute Gasteiger partial charge is 0.408 e. The molecule has 0 saturated carbocycles. The van der Waals surface area contributed by atoms with Crippen molar-refractivity contribution in [3.05, 3.63) is 33.2 Å². The topological polar surface area (TPSA) is 35.1 Å². The van der Waals surface area contributed by atoms with Gasteiger partial charge in [0.05, 0.1) is 5.52 Å². The highest BCUT2D eigenvalue weighted by Crippen LogP contribution is 2.23. The molecule has 1 aromatic heterocycles. The van der Waals surface area contributed by atoms with Gasteiger partial charge in [0.15, 0.2) is 5.58 Å². The van der Waals surface area contributed by atoms with E-state index in [0.717, 1.165) is 9.99 Å². The summed E-state index contributed by atoms with van der Waals surface area (Å²) in [6.07, 6.45) is 0. The summed E-state index contributed by atoms with van der Waals surface area (Å²) in [5.41, 5.74) is 1.17. The van der Waals surface area contributed by atoms with Gasteiger partial charge in [0, 0.05) is 10.0 Å². The van der Waals surface area contributed by atoms with Crippen LogP contribution in [0, 0.1) is 0 Å². The maximum Gasteiger partial charge on any atom is 0.420 e. The monoisotopic (exact) mass is 269 g/mol. The van der Waals surface area contributed by atoms with Crippen LogP contribution in [0.4, 0.5) is 0 Å². The van der Waals surface area contributed by atoms with Crippen LogP contribution in [-0.2, 0) is 5.54 Å². The molecule has 0 aliphatic heterocycles. The highest BCUT2D eigenvalue weighted by molar-refractivity contribution is 9.10. The molecule has 0 amide bonds. The van der Waals surface area contributed by atoms with Crippen molar-refractivity contribution in [1.82, 2.24) is 4.57 Å². The lowest BCUT2D eigenvalue weighted by Gasteiger charge is -2.19. The number of oxazole rings is 1. The van der Waals surface area contributed by atoms with E-state index in [9.17, 15) is 4.79 Å². The fourth-order valence-electron chi connectivity index (χ4n) is 1.62. The lowest BCUT2D eigenvalue weighted by Crippen LogP contribution is -2.30. The summed E-state index contributed by atoms with van der Waals surface area (Å²) in [4.78, 5) is 11.7. The minimum Gasteiger partial charge on any atom is -0.408 e. The molecule has 0 N–H and O–H groups in total. The van der Waals surface area contributed by atoms with E-state index in [4.69, 9.17) is 4.42 Å². The Morgan fingerprint density at radius 3 is 2.60 bits per heavy atom. The standard InChI is InChI=1S/C11H12BrNO2/c1-11(2,3)13-8-6-7(12)4-5-9(8)15-10(13)14/h4-6H,1-3H3. The van der Waals surface area contributed by atoms with Crippen molar-refractivity contribution < 1.29 is 4.42 Å². The highest BCUT2D eigenvalue weighted by atomic mass is 79.9. The van der Waals surface area contributed by atoms with Gasteiger partial charge in [-0.25, -0.2) is 4.79 Å². The van der Waals surface area contributed by atoms with Crippen molar-refractivity contribution >= 4 is 27.0 Å². The average Bonchev–Trinajstić information content (AvgIpc) is 2.38. The molecule has 2 aromatic rings. The van der Waals surface area contributed by atoms with E-state index in [0.29, 0.717) is 5.58 Å². The molecule has 0 unspecified atom stereocenters. The van der Waals surface area contributed by atoms with Crippen molar-refractivity contribution in [3.8, 4) is 0 Å². The number of halogens is 1. The van der Waals surface area contributed by atoms with Gasteiger partial charge < -0.3 is 4.42 Å². The summed E-state index contributed by atoms with van der Waals surface area (Å²) in [6, 6.07) is 5.55. The van der Waals surface area contributed by atoms with Crippen LogP contribution in [0.3, 0.4) is 0 Å². The Bertz CT molecular complexity index is 560. The Morgan fingerprint density at radius 2 is 2.00 bits per heavy atom. The SMILES string of the molecule is CC(C)(C)n1c(=O)oc2ccc(Br)cc21. The molecule has 0 bridgehead atoms. The molecular formula is C11H12BrNO2. The van der Waals surface area contributed by atoms with Crippen LogP contribution in [-0.4, -0.2) is 4.57 Å². The third-order valence-electron chi connectivity index (χ3n) is 2.21. The minimum atomic E-state index is -0.310. The maximum atomic E-state index is 11.7. The molecule has 15 heavy (non-hydrogen) atoms. The normalized spacial score (nSPS) is 12.3. The van der Waals surface area contributed by atoms with Crippen molar-refractivity contribution in [2.24, 2.45) is 0 Å². The minimum absolute atomic E-state index is 0.275. The Balaban J connectivity index is 2.89. The molecular weight excluding hydrogens is 258 g/mol. The quantitative estimate of drug-likeness (QED) is 0.737. The van der Waals surface area contributed by atoms with E-state index in [1.54, 1.807) is 10.6 Å². The molecule has 4 heteroatoms. The molecule has 0 fully saturated rings. The number of rotatable bonds is 0. The Labute approximate surface area is 95.8 Å². The average molecular weight is 270 g/mol. The van der Waals surface area contributed by atoms with E-state index in [1.807, 2.05) is 32.9 Å². The maximum absolute atomic E-state index is 11.7. The van der Waals surface area contributed by atoms with Gasteiger partial charge in [-0.15, -0.1) is 0 Å². The number of nitrogens with zero attached hydrogens (tertiary/aromatic N) is 1. The summed E-state index contributed by atoms with van der Waals surface area (Å²) < 4.78 is 7.77. The van der Waals surface area contributed by atoms with Crippen LogP contribution in [0.5, 0.6) is 0 Å². The fourth-order valence-corrected chi connectivity index (χ4v) is 1.97. The third-order valence-corrected chi connectivity index (χ3v) is 2.71. The predicted octanol–water partition coefficient (Wildman–Crippen LogP) is 3.11. The van der Waals surface area contributed by atoms with Crippen molar-refractivity contribution in [1.29, 1.82) is 0 Å². The van der Waals surface area contributed by atoms with Crippen molar-refractivity contribution in [3.63, 3.8) is 0 Å². The van der Waals surface area contributed by atoms with Gasteiger partial charge in [-0.3, -0.25) is 4.57 Å². The van der Waals surface area contributed by atoms with Crippen LogP contribution in [0.2, 0.25) is 0 Å². The second-order valence-electron chi connectivity index (χ2n) is 4.49. The van der Waals surface area contributed by atoms with E-state index in [-0.39, 0.29) is 11.3 Å². The van der Waals surface area contributed by atoms with Crippen LogP contribution in [0.15, 0.2) is 31.9 Å². The van der Waals surface area contributed by atoms with Gasteiger partial charge in [0.2, 0.25) is 0 Å². The van der Waals surface area contributed by atoms with Crippen LogP contribution in [0.1, 0.15) is 20.8 Å². The second-order valence-corrected chi connectivity index (χ2v) is 5.40. The summed E-state index contributed by atoms with van der Waals surface area (Å²) in [6.45, 7) is 5.93. The van der Waals surface area contributed by atoms with Gasteiger partial charge in [-0.1, -0.05) is 15.9 Å². The largest absolute Gasteiger partial charge is 0.420 e. The lowest BCUT2D eigenvalue weighted by molar-refractivity contribution is 0.363. The zero-order valence-electron chi connectivity index (χ0n) is 8.87. The number of fused-ring (bicyclic) bond motifs is 1. The summed E-state index contributed by atoms with van der Waals surface area (Å²) in [7, 11) is 0. The number of hydrogen-bond acceptors (Lipinski definition) is 2. The van der Waals surface area contributed by atoms with Gasteiger partial charge in [0.1, 0.15) is 0 Å². The number of aromatic nitrogens is 1. The first-order valence-electron chi connectivity index (χ1n) is 4.71. The Hall–Kier alpha value is -1.03. The molecule has 0 spiro atoms. The Kier molecular flexibility index (Phi) is 2.26. The number of benzene rings is 1. The lowest BCUT2D eigenvalue weighted by atomic mass is 10.1. The van der Waals surface area contributed by atoms with E-state index in [1.165, 1.54) is 0 Å².